The van der Waals surface area contributed by atoms with Crippen LogP contribution in [-0.2, 0) is 4.79 Å². The molecule has 1 aliphatic carbocycles. The number of amides is 1. The van der Waals surface area contributed by atoms with E-state index in [2.05, 4.69) is 11.4 Å². The van der Waals surface area contributed by atoms with Crippen LogP contribution in [0.2, 0.25) is 0 Å². The second-order valence-electron chi connectivity index (χ2n) is 5.97. The first-order valence-electron chi connectivity index (χ1n) is 7.78. The van der Waals surface area contributed by atoms with Crippen LogP contribution >= 0.6 is 0 Å². The molecule has 4 heteroatoms. The first-order valence-corrected chi connectivity index (χ1v) is 7.78. The summed E-state index contributed by atoms with van der Waals surface area (Å²) in [6.45, 7) is 1.43. The number of nitrogens with one attached hydrogen (secondary N) is 1. The van der Waals surface area contributed by atoms with Gasteiger partial charge in [0.2, 0.25) is 5.91 Å². The molecule has 110 valence electrons. The van der Waals surface area contributed by atoms with Crippen LogP contribution in [0.15, 0.2) is 30.3 Å². The van der Waals surface area contributed by atoms with E-state index in [4.69, 9.17) is 5.26 Å². The summed E-state index contributed by atoms with van der Waals surface area (Å²) in [5.74, 6) is 1.27. The average Bonchev–Trinajstić information content (AvgIpc) is 3.11. The van der Waals surface area contributed by atoms with Gasteiger partial charge in [-0.25, -0.2) is 0 Å². The van der Waals surface area contributed by atoms with Crippen molar-refractivity contribution in [3.63, 3.8) is 0 Å². The summed E-state index contributed by atoms with van der Waals surface area (Å²) >= 11 is 0. The summed E-state index contributed by atoms with van der Waals surface area (Å²) in [4.78, 5) is 14.7. The number of rotatable bonds is 4. The lowest BCUT2D eigenvalue weighted by Crippen LogP contribution is -2.47. The zero-order valence-corrected chi connectivity index (χ0v) is 12.2. The summed E-state index contributed by atoms with van der Waals surface area (Å²) in [7, 11) is 0. The Morgan fingerprint density at radius 2 is 2.14 bits per heavy atom. The fraction of sp³-hybridized carbons (Fsp3) is 0.529. The van der Waals surface area contributed by atoms with E-state index in [9.17, 15) is 4.79 Å². The Morgan fingerprint density at radius 1 is 1.33 bits per heavy atom. The Bertz CT molecular complexity index is 537. The maximum absolute atomic E-state index is 12.9. The van der Waals surface area contributed by atoms with Crippen molar-refractivity contribution in [3.05, 3.63) is 30.3 Å². The number of hydrogen-bond donors (Lipinski definition) is 1. The Hall–Kier alpha value is -1.86. The molecule has 1 saturated carbocycles. The predicted octanol–water partition coefficient (Wildman–Crippen LogP) is 2.32. The van der Waals surface area contributed by atoms with Gasteiger partial charge in [0.1, 0.15) is 0 Å². The molecule has 2 aliphatic rings. The molecule has 21 heavy (non-hydrogen) atoms. The molecule has 1 N–H and O–H groups in total. The molecule has 1 saturated heterocycles. The molecule has 2 fully saturated rings. The summed E-state index contributed by atoms with van der Waals surface area (Å²) in [5.41, 5.74) is 0.890. The van der Waals surface area contributed by atoms with Crippen LogP contribution in [0.3, 0.4) is 0 Å². The first-order chi connectivity index (χ1) is 10.3. The summed E-state index contributed by atoms with van der Waals surface area (Å²) < 4.78 is 0. The molecule has 0 bridgehead atoms. The zero-order valence-electron chi connectivity index (χ0n) is 12.2. The second-order valence-corrected chi connectivity index (χ2v) is 5.97. The highest BCUT2D eigenvalue weighted by atomic mass is 16.2. The van der Waals surface area contributed by atoms with E-state index in [-0.39, 0.29) is 11.9 Å². The Labute approximate surface area is 125 Å². The highest BCUT2D eigenvalue weighted by molar-refractivity contribution is 5.97. The molecular weight excluding hydrogens is 262 g/mol. The number of benzene rings is 1. The molecule has 1 heterocycles. The third-order valence-corrected chi connectivity index (χ3v) is 4.79. The second kappa shape index (κ2) is 6.28. The normalized spacial score (nSPS) is 27.1. The number of hydrogen-bond acceptors (Lipinski definition) is 3. The fourth-order valence-electron chi connectivity index (χ4n) is 3.76. The van der Waals surface area contributed by atoms with Gasteiger partial charge in [-0.15, -0.1) is 0 Å². The van der Waals surface area contributed by atoms with Gasteiger partial charge < -0.3 is 10.2 Å². The average molecular weight is 283 g/mol. The summed E-state index contributed by atoms with van der Waals surface area (Å²) in [6.07, 6.45) is 3.99. The molecule has 4 nitrogen and oxygen atoms in total. The van der Waals surface area contributed by atoms with E-state index in [0.29, 0.717) is 24.8 Å². The highest BCUT2D eigenvalue weighted by Gasteiger charge is 2.43. The summed E-state index contributed by atoms with van der Waals surface area (Å²) in [6, 6.07) is 11.8. The maximum atomic E-state index is 12.9. The van der Waals surface area contributed by atoms with Crippen molar-refractivity contribution in [3.8, 4) is 6.07 Å². The third-order valence-electron chi connectivity index (χ3n) is 4.79. The van der Waals surface area contributed by atoms with Crippen LogP contribution in [0.25, 0.3) is 0 Å². The van der Waals surface area contributed by atoms with Gasteiger partial charge in [-0.3, -0.25) is 4.79 Å². The van der Waals surface area contributed by atoms with Crippen molar-refractivity contribution in [1.82, 2.24) is 5.32 Å². The first kappa shape index (κ1) is 14.1. The largest absolute Gasteiger partial charge is 0.310 e. The standard InChI is InChI=1S/C17H21N3O/c18-10-5-11-20(14-7-2-1-3-8-14)17(21)16-15-9-4-6-13(15)12-19-16/h1-3,7-8,13,15-16,19H,4-6,9,11-12H2. The fourth-order valence-corrected chi connectivity index (χ4v) is 3.76. The molecule has 1 aromatic carbocycles. The van der Waals surface area contributed by atoms with E-state index in [1.165, 1.54) is 12.8 Å². The minimum absolute atomic E-state index is 0.0728. The van der Waals surface area contributed by atoms with Gasteiger partial charge in [-0.05, 0) is 43.4 Å². The lowest BCUT2D eigenvalue weighted by atomic mass is 9.93. The van der Waals surface area contributed by atoms with Crippen molar-refractivity contribution in [2.45, 2.75) is 31.7 Å². The number of nitrogens with zero attached hydrogens (tertiary/aromatic N) is 2. The molecule has 3 atom stereocenters. The van der Waals surface area contributed by atoms with Crippen LogP contribution in [0.5, 0.6) is 0 Å². The van der Waals surface area contributed by atoms with Gasteiger partial charge in [0.05, 0.1) is 18.5 Å². The number of nitriles is 1. The van der Waals surface area contributed by atoms with E-state index in [0.717, 1.165) is 18.7 Å². The van der Waals surface area contributed by atoms with Crippen LogP contribution in [-0.4, -0.2) is 25.0 Å². The van der Waals surface area contributed by atoms with Gasteiger partial charge in [-0.1, -0.05) is 24.6 Å². The van der Waals surface area contributed by atoms with Crippen molar-refractivity contribution in [2.24, 2.45) is 11.8 Å². The number of carbonyl (C=O) groups excluding carboxylic acids is 1. The third kappa shape index (κ3) is 2.79. The quantitative estimate of drug-likeness (QED) is 0.922. The molecular formula is C17H21N3O. The van der Waals surface area contributed by atoms with Crippen molar-refractivity contribution >= 4 is 11.6 Å². The topological polar surface area (TPSA) is 56.1 Å². The molecule has 1 amide bonds. The Morgan fingerprint density at radius 3 is 2.90 bits per heavy atom. The lowest BCUT2D eigenvalue weighted by Gasteiger charge is -2.27. The molecule has 0 spiro atoms. The molecule has 3 rings (SSSR count). The van der Waals surface area contributed by atoms with Crippen molar-refractivity contribution in [1.29, 1.82) is 5.26 Å². The van der Waals surface area contributed by atoms with Crippen LogP contribution in [0.1, 0.15) is 25.7 Å². The number of anilines is 1. The van der Waals surface area contributed by atoms with Crippen LogP contribution in [0.4, 0.5) is 5.69 Å². The van der Waals surface area contributed by atoms with E-state index in [1.807, 2.05) is 30.3 Å². The SMILES string of the molecule is N#CCCN(C(=O)C1NCC2CCCC21)c1ccccc1. The summed E-state index contributed by atoms with van der Waals surface area (Å²) in [5, 5.41) is 12.3. The Kier molecular flexibility index (Phi) is 4.21. The van der Waals surface area contributed by atoms with Crippen molar-refractivity contribution < 1.29 is 4.79 Å². The van der Waals surface area contributed by atoms with Gasteiger partial charge in [0, 0.05) is 12.2 Å². The minimum Gasteiger partial charge on any atom is -0.310 e. The number of fused-ring (bicyclic) bond motifs is 1. The van der Waals surface area contributed by atoms with Crippen molar-refractivity contribution in [2.75, 3.05) is 18.0 Å². The Balaban J connectivity index is 1.79. The van der Waals surface area contributed by atoms with Gasteiger partial charge in [0.15, 0.2) is 0 Å². The molecule has 1 aromatic rings. The zero-order chi connectivity index (χ0) is 14.7. The van der Waals surface area contributed by atoms with E-state index < -0.39 is 0 Å². The van der Waals surface area contributed by atoms with Gasteiger partial charge in [0.25, 0.3) is 0 Å². The molecule has 0 aromatic heterocycles. The molecule has 3 unspecified atom stereocenters. The monoisotopic (exact) mass is 283 g/mol. The highest BCUT2D eigenvalue weighted by Crippen LogP contribution is 2.38. The number of para-hydroxylation sites is 1. The van der Waals surface area contributed by atoms with Gasteiger partial charge in [-0.2, -0.15) is 5.26 Å². The van der Waals surface area contributed by atoms with Gasteiger partial charge >= 0.3 is 0 Å². The molecule has 0 radical (unpaired) electrons. The van der Waals surface area contributed by atoms with Crippen LogP contribution < -0.4 is 10.2 Å². The minimum atomic E-state index is -0.0728. The smallest absolute Gasteiger partial charge is 0.244 e. The maximum Gasteiger partial charge on any atom is 0.244 e. The number of carbonyl (C=O) groups is 1. The predicted molar refractivity (Wildman–Crippen MR) is 81.6 cm³/mol. The van der Waals surface area contributed by atoms with E-state index in [1.54, 1.807) is 4.90 Å². The van der Waals surface area contributed by atoms with E-state index >= 15 is 0 Å². The molecule has 1 aliphatic heterocycles. The lowest BCUT2D eigenvalue weighted by molar-refractivity contribution is -0.121. The van der Waals surface area contributed by atoms with Crippen LogP contribution in [0, 0.1) is 23.2 Å².